The third-order valence-corrected chi connectivity index (χ3v) is 1.50. The van der Waals surface area contributed by atoms with Gasteiger partial charge in [-0.2, -0.15) is 0 Å². The Bertz CT molecular complexity index is 271. The van der Waals surface area contributed by atoms with E-state index in [0.717, 1.165) is 6.07 Å². The highest BCUT2D eigenvalue weighted by Gasteiger charge is 2.05. The van der Waals surface area contributed by atoms with E-state index in [1.165, 1.54) is 13.2 Å². The van der Waals surface area contributed by atoms with Crippen molar-refractivity contribution in [3.05, 3.63) is 23.5 Å². The molecular formula is C8H9FO2. The number of phenolic OH excluding ortho intramolecular Hbond substituents is 1. The Morgan fingerprint density at radius 1 is 1.45 bits per heavy atom. The first kappa shape index (κ1) is 7.85. The maximum absolute atomic E-state index is 12.8. The van der Waals surface area contributed by atoms with Gasteiger partial charge in [-0.3, -0.25) is 0 Å². The molecule has 3 heteroatoms. The molecular weight excluding hydrogens is 147 g/mol. The molecule has 0 amide bonds. The lowest BCUT2D eigenvalue weighted by Crippen LogP contribution is -1.89. The van der Waals surface area contributed by atoms with Gasteiger partial charge in [0, 0.05) is 17.7 Å². The van der Waals surface area contributed by atoms with Crippen LogP contribution in [0.15, 0.2) is 12.1 Å². The van der Waals surface area contributed by atoms with E-state index in [4.69, 9.17) is 9.84 Å². The second-order valence-electron chi connectivity index (χ2n) is 2.25. The van der Waals surface area contributed by atoms with Crippen LogP contribution < -0.4 is 4.74 Å². The van der Waals surface area contributed by atoms with Crippen molar-refractivity contribution in [2.75, 3.05) is 7.11 Å². The van der Waals surface area contributed by atoms with Gasteiger partial charge in [0.15, 0.2) is 0 Å². The highest BCUT2D eigenvalue weighted by Crippen LogP contribution is 2.25. The van der Waals surface area contributed by atoms with Crippen LogP contribution in [-0.2, 0) is 0 Å². The van der Waals surface area contributed by atoms with Crippen LogP contribution in [0, 0.1) is 12.7 Å². The Balaban J connectivity index is 3.24. The zero-order chi connectivity index (χ0) is 8.43. The zero-order valence-corrected chi connectivity index (χ0v) is 6.39. The van der Waals surface area contributed by atoms with Gasteiger partial charge in [-0.1, -0.05) is 0 Å². The molecule has 1 aromatic carbocycles. The summed E-state index contributed by atoms with van der Waals surface area (Å²) in [5.74, 6) is -0.214. The normalized spacial score (nSPS) is 9.73. The Morgan fingerprint density at radius 2 is 2.09 bits per heavy atom. The van der Waals surface area contributed by atoms with E-state index < -0.39 is 5.82 Å². The number of ether oxygens (including phenoxy) is 1. The molecule has 1 N–H and O–H groups in total. The van der Waals surface area contributed by atoms with Gasteiger partial charge < -0.3 is 9.84 Å². The van der Waals surface area contributed by atoms with Crippen molar-refractivity contribution in [1.82, 2.24) is 0 Å². The van der Waals surface area contributed by atoms with Gasteiger partial charge in [0.2, 0.25) is 0 Å². The molecule has 60 valence electrons. The molecule has 0 aliphatic rings. The first-order valence-corrected chi connectivity index (χ1v) is 3.18. The highest BCUT2D eigenvalue weighted by molar-refractivity contribution is 5.40. The number of benzene rings is 1. The molecule has 0 saturated carbocycles. The average molecular weight is 156 g/mol. The summed E-state index contributed by atoms with van der Waals surface area (Å²) in [6.45, 7) is 1.59. The minimum absolute atomic E-state index is 0.120. The fourth-order valence-electron chi connectivity index (χ4n) is 0.852. The lowest BCUT2D eigenvalue weighted by atomic mass is 10.2. The largest absolute Gasteiger partial charge is 0.508 e. The van der Waals surface area contributed by atoms with Gasteiger partial charge in [-0.25, -0.2) is 4.39 Å². The van der Waals surface area contributed by atoms with Crippen molar-refractivity contribution in [3.63, 3.8) is 0 Å². The Morgan fingerprint density at radius 3 is 2.64 bits per heavy atom. The van der Waals surface area contributed by atoms with Gasteiger partial charge in [0.1, 0.15) is 17.3 Å². The molecule has 2 nitrogen and oxygen atoms in total. The fourth-order valence-corrected chi connectivity index (χ4v) is 0.852. The minimum Gasteiger partial charge on any atom is -0.508 e. The van der Waals surface area contributed by atoms with Gasteiger partial charge in [-0.15, -0.1) is 0 Å². The summed E-state index contributed by atoms with van der Waals surface area (Å²) in [7, 11) is 1.43. The summed E-state index contributed by atoms with van der Waals surface area (Å²) in [4.78, 5) is 0. The first-order chi connectivity index (χ1) is 5.15. The fraction of sp³-hybridized carbons (Fsp3) is 0.250. The van der Waals surface area contributed by atoms with Crippen LogP contribution >= 0.6 is 0 Å². The molecule has 0 aromatic heterocycles. The number of hydrogen-bond donors (Lipinski definition) is 1. The first-order valence-electron chi connectivity index (χ1n) is 3.18. The van der Waals surface area contributed by atoms with Gasteiger partial charge in [0.25, 0.3) is 0 Å². The molecule has 0 aliphatic heterocycles. The lowest BCUT2D eigenvalue weighted by Gasteiger charge is -2.04. The van der Waals surface area contributed by atoms with Crippen LogP contribution in [0.2, 0.25) is 0 Å². The molecule has 0 aliphatic carbocycles. The zero-order valence-electron chi connectivity index (χ0n) is 6.39. The summed E-state index contributed by atoms with van der Waals surface area (Å²) < 4.78 is 17.6. The predicted molar refractivity (Wildman–Crippen MR) is 39.4 cm³/mol. The number of rotatable bonds is 1. The van der Waals surface area contributed by atoms with Gasteiger partial charge in [-0.05, 0) is 6.92 Å². The van der Waals surface area contributed by atoms with E-state index in [1.807, 2.05) is 0 Å². The topological polar surface area (TPSA) is 29.5 Å². The van der Waals surface area contributed by atoms with Gasteiger partial charge in [0.05, 0.1) is 7.11 Å². The quantitative estimate of drug-likeness (QED) is 0.672. The molecule has 0 spiro atoms. The molecule has 0 radical (unpaired) electrons. The van der Waals surface area contributed by atoms with Crippen LogP contribution in [0.5, 0.6) is 11.5 Å². The maximum atomic E-state index is 12.8. The summed E-state index contributed by atoms with van der Waals surface area (Å²) in [5, 5.41) is 8.93. The summed E-state index contributed by atoms with van der Waals surface area (Å²) >= 11 is 0. The molecule has 1 aromatic rings. The van der Waals surface area contributed by atoms with E-state index in [9.17, 15) is 4.39 Å². The third kappa shape index (κ3) is 1.42. The minimum atomic E-state index is -0.457. The van der Waals surface area contributed by atoms with Crippen molar-refractivity contribution >= 4 is 0 Å². The van der Waals surface area contributed by atoms with Crippen LogP contribution in [0.1, 0.15) is 5.56 Å². The van der Waals surface area contributed by atoms with E-state index in [0.29, 0.717) is 11.3 Å². The van der Waals surface area contributed by atoms with Crippen LogP contribution in [0.25, 0.3) is 0 Å². The van der Waals surface area contributed by atoms with Crippen molar-refractivity contribution < 1.29 is 14.2 Å². The summed E-state index contributed by atoms with van der Waals surface area (Å²) in [6.07, 6.45) is 0. The molecule has 0 heterocycles. The second-order valence-corrected chi connectivity index (χ2v) is 2.25. The SMILES string of the molecule is COc1cc(O)cc(F)c1C. The van der Waals surface area contributed by atoms with E-state index in [-0.39, 0.29) is 5.75 Å². The molecule has 0 bridgehead atoms. The monoisotopic (exact) mass is 156 g/mol. The number of halogens is 1. The third-order valence-electron chi connectivity index (χ3n) is 1.50. The smallest absolute Gasteiger partial charge is 0.133 e. The lowest BCUT2D eigenvalue weighted by molar-refractivity contribution is 0.398. The van der Waals surface area contributed by atoms with E-state index in [1.54, 1.807) is 6.92 Å². The molecule has 0 atom stereocenters. The average Bonchev–Trinajstić information content (AvgIpc) is 1.96. The van der Waals surface area contributed by atoms with Crippen molar-refractivity contribution in [2.45, 2.75) is 6.92 Å². The van der Waals surface area contributed by atoms with Crippen LogP contribution in [-0.4, -0.2) is 12.2 Å². The second kappa shape index (κ2) is 2.78. The Labute approximate surface area is 64.2 Å². The number of methoxy groups -OCH3 is 1. The number of hydrogen-bond acceptors (Lipinski definition) is 2. The highest BCUT2D eigenvalue weighted by atomic mass is 19.1. The van der Waals surface area contributed by atoms with Crippen LogP contribution in [0.3, 0.4) is 0 Å². The molecule has 0 fully saturated rings. The standard InChI is InChI=1S/C8H9FO2/c1-5-7(9)3-6(10)4-8(5)11-2/h3-4,10H,1-2H3. The van der Waals surface area contributed by atoms with Crippen LogP contribution in [0.4, 0.5) is 4.39 Å². The van der Waals surface area contributed by atoms with Gasteiger partial charge >= 0.3 is 0 Å². The van der Waals surface area contributed by atoms with Crippen molar-refractivity contribution in [3.8, 4) is 11.5 Å². The molecule has 0 saturated heterocycles. The maximum Gasteiger partial charge on any atom is 0.133 e. The van der Waals surface area contributed by atoms with E-state index in [2.05, 4.69) is 0 Å². The number of phenols is 1. The van der Waals surface area contributed by atoms with Crippen molar-refractivity contribution in [2.24, 2.45) is 0 Å². The Hall–Kier alpha value is -1.25. The Kier molecular flexibility index (Phi) is 1.98. The molecule has 11 heavy (non-hydrogen) atoms. The predicted octanol–water partition coefficient (Wildman–Crippen LogP) is 1.85. The number of aromatic hydroxyl groups is 1. The van der Waals surface area contributed by atoms with Crippen molar-refractivity contribution in [1.29, 1.82) is 0 Å². The molecule has 1 rings (SSSR count). The van der Waals surface area contributed by atoms with E-state index >= 15 is 0 Å². The summed E-state index contributed by atoms with van der Waals surface area (Å²) in [5.41, 5.74) is 0.408. The summed E-state index contributed by atoms with van der Waals surface area (Å²) in [6, 6.07) is 2.43. The molecule has 0 unspecified atom stereocenters.